The van der Waals surface area contributed by atoms with Crippen LogP contribution in [-0.2, 0) is 4.79 Å². The third-order valence-corrected chi connectivity index (χ3v) is 3.91. The summed E-state index contributed by atoms with van der Waals surface area (Å²) >= 11 is 5.65. The van der Waals surface area contributed by atoms with E-state index < -0.39 is 23.6 Å². The molecular weight excluding hydrogens is 271 g/mol. The number of carbonyl (C=O) groups excluding carboxylic acids is 1. The summed E-state index contributed by atoms with van der Waals surface area (Å²) < 4.78 is 13.1. The van der Waals surface area contributed by atoms with Crippen LogP contribution in [0.5, 0.6) is 0 Å². The van der Waals surface area contributed by atoms with E-state index in [4.69, 9.17) is 16.7 Å². The highest BCUT2D eigenvalue weighted by Gasteiger charge is 2.36. The first-order valence-electron chi connectivity index (χ1n) is 6.23. The maximum absolute atomic E-state index is 13.1. The molecule has 0 aromatic heterocycles. The molecule has 0 spiro atoms. The lowest BCUT2D eigenvalue weighted by Crippen LogP contribution is -2.32. The van der Waals surface area contributed by atoms with Crippen LogP contribution >= 0.6 is 11.6 Å². The van der Waals surface area contributed by atoms with Gasteiger partial charge in [0.1, 0.15) is 5.82 Å². The summed E-state index contributed by atoms with van der Waals surface area (Å²) in [7, 11) is 0. The minimum absolute atomic E-state index is 0.117. The zero-order valence-corrected chi connectivity index (χ0v) is 11.0. The summed E-state index contributed by atoms with van der Waals surface area (Å²) in [5.41, 5.74) is 0.282. The number of hydrogen-bond donors (Lipinski definition) is 1. The standard InChI is InChI=1S/C14H14ClFO3/c15-11-7-8(5-6-12(11)16)13(17)9-3-1-2-4-10(9)14(18)19/h5-7,9-10H,1-4H2,(H,18,19). The summed E-state index contributed by atoms with van der Waals surface area (Å²) in [6, 6.07) is 3.76. The van der Waals surface area contributed by atoms with Crippen molar-refractivity contribution in [1.82, 2.24) is 0 Å². The van der Waals surface area contributed by atoms with Gasteiger partial charge in [-0.25, -0.2) is 4.39 Å². The largest absolute Gasteiger partial charge is 0.481 e. The SMILES string of the molecule is O=C(O)C1CCCCC1C(=O)c1ccc(F)c(Cl)c1. The summed E-state index contributed by atoms with van der Waals surface area (Å²) in [5.74, 6) is -2.96. The molecule has 1 N–H and O–H groups in total. The summed E-state index contributed by atoms with van der Waals surface area (Å²) in [4.78, 5) is 23.5. The van der Waals surface area contributed by atoms with Gasteiger partial charge in [-0.1, -0.05) is 24.4 Å². The van der Waals surface area contributed by atoms with Crippen LogP contribution in [0.1, 0.15) is 36.0 Å². The van der Waals surface area contributed by atoms with E-state index in [1.807, 2.05) is 0 Å². The molecule has 2 rings (SSSR count). The number of aliphatic carboxylic acids is 1. The molecule has 102 valence electrons. The Morgan fingerprint density at radius 3 is 2.42 bits per heavy atom. The molecule has 0 aliphatic heterocycles. The van der Waals surface area contributed by atoms with Crippen LogP contribution in [0.4, 0.5) is 4.39 Å². The lowest BCUT2D eigenvalue weighted by atomic mass is 9.75. The summed E-state index contributed by atoms with van der Waals surface area (Å²) in [6.07, 6.45) is 2.74. The number of carbonyl (C=O) groups is 2. The number of Topliss-reactive ketones (excluding diaryl/α,β-unsaturated/α-hetero) is 1. The first-order valence-corrected chi connectivity index (χ1v) is 6.60. The van der Waals surface area contributed by atoms with Gasteiger partial charge in [0.15, 0.2) is 5.78 Å². The van der Waals surface area contributed by atoms with Gasteiger partial charge in [0.25, 0.3) is 0 Å². The second kappa shape index (κ2) is 5.70. The van der Waals surface area contributed by atoms with Gasteiger partial charge < -0.3 is 5.11 Å². The number of carboxylic acid groups (broad SMARTS) is 1. The van der Waals surface area contributed by atoms with E-state index in [1.165, 1.54) is 12.1 Å². The molecule has 0 radical (unpaired) electrons. The number of rotatable bonds is 3. The molecular formula is C14H14ClFO3. The van der Waals surface area contributed by atoms with Gasteiger partial charge in [-0.15, -0.1) is 0 Å². The Hall–Kier alpha value is -1.42. The molecule has 2 atom stereocenters. The molecule has 3 nitrogen and oxygen atoms in total. The molecule has 0 saturated heterocycles. The highest BCUT2D eigenvalue weighted by molar-refractivity contribution is 6.31. The Kier molecular flexibility index (Phi) is 4.20. The quantitative estimate of drug-likeness (QED) is 0.864. The molecule has 19 heavy (non-hydrogen) atoms. The van der Waals surface area contributed by atoms with Gasteiger partial charge in [0, 0.05) is 11.5 Å². The predicted molar refractivity (Wildman–Crippen MR) is 68.8 cm³/mol. The van der Waals surface area contributed by atoms with Crippen LogP contribution < -0.4 is 0 Å². The van der Waals surface area contributed by atoms with E-state index >= 15 is 0 Å². The average molecular weight is 285 g/mol. The number of hydrogen-bond acceptors (Lipinski definition) is 2. The second-order valence-corrected chi connectivity index (χ2v) is 5.24. The molecule has 1 aromatic rings. The molecule has 1 fully saturated rings. The molecule has 2 unspecified atom stereocenters. The predicted octanol–water partition coefficient (Wildman–Crippen LogP) is 3.55. The molecule has 0 bridgehead atoms. The lowest BCUT2D eigenvalue weighted by Gasteiger charge is -2.27. The Labute approximate surface area is 115 Å². The first-order chi connectivity index (χ1) is 9.00. The van der Waals surface area contributed by atoms with E-state index in [0.717, 1.165) is 18.9 Å². The molecule has 1 aromatic carbocycles. The van der Waals surface area contributed by atoms with Gasteiger partial charge in [-0.3, -0.25) is 9.59 Å². The smallest absolute Gasteiger partial charge is 0.307 e. The molecule has 1 aliphatic carbocycles. The first kappa shape index (κ1) is 14.0. The summed E-state index contributed by atoms with van der Waals surface area (Å²) in [5, 5.41) is 9.05. The molecule has 5 heteroatoms. The van der Waals surface area contributed by atoms with E-state index in [0.29, 0.717) is 12.8 Å². The Balaban J connectivity index is 2.26. The highest BCUT2D eigenvalue weighted by Crippen LogP contribution is 2.33. The van der Waals surface area contributed by atoms with Gasteiger partial charge in [0.05, 0.1) is 10.9 Å². The van der Waals surface area contributed by atoms with Crippen LogP contribution in [-0.4, -0.2) is 16.9 Å². The molecule has 1 saturated carbocycles. The minimum Gasteiger partial charge on any atom is -0.481 e. The highest BCUT2D eigenvalue weighted by atomic mass is 35.5. The average Bonchev–Trinajstić information content (AvgIpc) is 2.41. The summed E-state index contributed by atoms with van der Waals surface area (Å²) in [6.45, 7) is 0. The van der Waals surface area contributed by atoms with Crippen LogP contribution in [0, 0.1) is 17.7 Å². The Bertz CT molecular complexity index is 515. The van der Waals surface area contributed by atoms with Gasteiger partial charge in [0.2, 0.25) is 0 Å². The van der Waals surface area contributed by atoms with Crippen molar-refractivity contribution in [2.24, 2.45) is 11.8 Å². The van der Waals surface area contributed by atoms with E-state index in [-0.39, 0.29) is 16.4 Å². The number of benzene rings is 1. The molecule has 0 heterocycles. The van der Waals surface area contributed by atoms with Gasteiger partial charge in [-0.05, 0) is 31.0 Å². The lowest BCUT2D eigenvalue weighted by molar-refractivity contribution is -0.144. The monoisotopic (exact) mass is 284 g/mol. The van der Waals surface area contributed by atoms with E-state index in [9.17, 15) is 14.0 Å². The fourth-order valence-corrected chi connectivity index (χ4v) is 2.78. The maximum atomic E-state index is 13.1. The van der Waals surface area contributed by atoms with Crippen molar-refractivity contribution in [3.63, 3.8) is 0 Å². The normalized spacial score (nSPS) is 23.1. The fraction of sp³-hybridized carbons (Fsp3) is 0.429. The van der Waals surface area contributed by atoms with Crippen LogP contribution in [0.3, 0.4) is 0 Å². The van der Waals surface area contributed by atoms with Crippen molar-refractivity contribution >= 4 is 23.4 Å². The van der Waals surface area contributed by atoms with Crippen molar-refractivity contribution in [2.45, 2.75) is 25.7 Å². The van der Waals surface area contributed by atoms with Crippen molar-refractivity contribution in [2.75, 3.05) is 0 Å². The second-order valence-electron chi connectivity index (χ2n) is 4.83. The van der Waals surface area contributed by atoms with Crippen LogP contribution in [0.25, 0.3) is 0 Å². The van der Waals surface area contributed by atoms with Crippen molar-refractivity contribution in [3.05, 3.63) is 34.6 Å². The number of ketones is 1. The molecule has 0 amide bonds. The third kappa shape index (κ3) is 2.95. The Morgan fingerprint density at radius 2 is 1.84 bits per heavy atom. The van der Waals surface area contributed by atoms with Crippen LogP contribution in [0.15, 0.2) is 18.2 Å². The topological polar surface area (TPSA) is 54.4 Å². The minimum atomic E-state index is -0.939. The van der Waals surface area contributed by atoms with Crippen molar-refractivity contribution in [1.29, 1.82) is 0 Å². The fourth-order valence-electron chi connectivity index (χ4n) is 2.60. The zero-order valence-electron chi connectivity index (χ0n) is 10.2. The van der Waals surface area contributed by atoms with Gasteiger partial charge >= 0.3 is 5.97 Å². The van der Waals surface area contributed by atoms with E-state index in [1.54, 1.807) is 0 Å². The van der Waals surface area contributed by atoms with Gasteiger partial charge in [-0.2, -0.15) is 0 Å². The third-order valence-electron chi connectivity index (χ3n) is 3.62. The van der Waals surface area contributed by atoms with Crippen molar-refractivity contribution in [3.8, 4) is 0 Å². The number of carboxylic acids is 1. The van der Waals surface area contributed by atoms with E-state index in [2.05, 4.69) is 0 Å². The zero-order chi connectivity index (χ0) is 14.0. The number of halogens is 2. The Morgan fingerprint density at radius 1 is 1.21 bits per heavy atom. The van der Waals surface area contributed by atoms with Crippen LogP contribution in [0.2, 0.25) is 5.02 Å². The van der Waals surface area contributed by atoms with Crippen molar-refractivity contribution < 1.29 is 19.1 Å². The molecule has 1 aliphatic rings. The maximum Gasteiger partial charge on any atom is 0.307 e.